The maximum absolute atomic E-state index is 10.5. The van der Waals surface area contributed by atoms with Crippen LogP contribution in [0.25, 0.3) is 0 Å². The number of carbonyl (C=O) groups is 1. The first-order valence-corrected chi connectivity index (χ1v) is 7.42. The molecule has 0 amide bonds. The summed E-state index contributed by atoms with van der Waals surface area (Å²) in [5.74, 6) is -0.702. The van der Waals surface area contributed by atoms with E-state index in [0.29, 0.717) is 0 Å². The number of carboxylic acid groups (broad SMARTS) is 1. The lowest BCUT2D eigenvalue weighted by molar-refractivity contribution is -0.137. The van der Waals surface area contributed by atoms with E-state index in [2.05, 4.69) is 21.9 Å². The van der Waals surface area contributed by atoms with Crippen molar-refractivity contribution in [3.05, 3.63) is 34.9 Å². The molecular weight excluding hydrogens is 276 g/mol. The Balaban J connectivity index is 1.68. The average Bonchev–Trinajstić information content (AvgIpc) is 2.43. The van der Waals surface area contributed by atoms with Crippen LogP contribution in [0.2, 0.25) is 5.02 Å². The van der Waals surface area contributed by atoms with E-state index in [9.17, 15) is 4.79 Å². The number of hydrogen-bond donors (Lipinski definition) is 1. The first-order valence-electron chi connectivity index (χ1n) is 7.04. The molecule has 110 valence electrons. The zero-order chi connectivity index (χ0) is 14.4. The van der Waals surface area contributed by atoms with Crippen LogP contribution in [0.3, 0.4) is 0 Å². The molecule has 4 nitrogen and oxygen atoms in total. The molecule has 0 aromatic heterocycles. The molecular formula is C15H21ClN2O2. The van der Waals surface area contributed by atoms with E-state index in [0.717, 1.165) is 50.7 Å². The molecule has 0 aliphatic carbocycles. The Kier molecular flexibility index (Phi) is 5.83. The predicted octanol–water partition coefficient (Wildman–Crippen LogP) is 2.32. The van der Waals surface area contributed by atoms with Crippen LogP contribution in [0.15, 0.2) is 24.3 Å². The third-order valence-electron chi connectivity index (χ3n) is 3.65. The molecule has 0 saturated carbocycles. The van der Waals surface area contributed by atoms with Crippen LogP contribution in [0.1, 0.15) is 18.4 Å². The fourth-order valence-corrected chi connectivity index (χ4v) is 2.60. The van der Waals surface area contributed by atoms with Crippen molar-refractivity contribution >= 4 is 17.6 Å². The summed E-state index contributed by atoms with van der Waals surface area (Å²) in [4.78, 5) is 15.3. The molecule has 0 unspecified atom stereocenters. The molecule has 1 heterocycles. The van der Waals surface area contributed by atoms with Gasteiger partial charge in [-0.3, -0.25) is 9.69 Å². The molecule has 1 saturated heterocycles. The van der Waals surface area contributed by atoms with Gasteiger partial charge in [0.15, 0.2) is 0 Å². The normalized spacial score (nSPS) is 17.2. The summed E-state index contributed by atoms with van der Waals surface area (Å²) >= 11 is 5.88. The fraction of sp³-hybridized carbons (Fsp3) is 0.533. The van der Waals surface area contributed by atoms with Gasteiger partial charge in [0, 0.05) is 44.2 Å². The molecule has 1 fully saturated rings. The lowest BCUT2D eigenvalue weighted by Gasteiger charge is -2.34. The van der Waals surface area contributed by atoms with Crippen molar-refractivity contribution in [1.82, 2.24) is 9.80 Å². The van der Waals surface area contributed by atoms with E-state index in [4.69, 9.17) is 16.7 Å². The van der Waals surface area contributed by atoms with Crippen LogP contribution in [0.4, 0.5) is 0 Å². The fourth-order valence-electron chi connectivity index (χ4n) is 2.47. The summed E-state index contributed by atoms with van der Waals surface area (Å²) in [6, 6.07) is 8.00. The quantitative estimate of drug-likeness (QED) is 0.875. The molecule has 0 atom stereocenters. The van der Waals surface area contributed by atoms with Gasteiger partial charge in [-0.1, -0.05) is 23.7 Å². The lowest BCUT2D eigenvalue weighted by atomic mass is 10.2. The predicted molar refractivity (Wildman–Crippen MR) is 80.0 cm³/mol. The van der Waals surface area contributed by atoms with Crippen LogP contribution in [0, 0.1) is 0 Å². The zero-order valence-corrected chi connectivity index (χ0v) is 12.4. The molecule has 1 aliphatic rings. The highest BCUT2D eigenvalue weighted by atomic mass is 35.5. The minimum Gasteiger partial charge on any atom is -0.481 e. The number of aliphatic carboxylic acids is 1. The van der Waals surface area contributed by atoms with Crippen LogP contribution in [0.5, 0.6) is 0 Å². The monoisotopic (exact) mass is 296 g/mol. The van der Waals surface area contributed by atoms with Crippen molar-refractivity contribution in [3.63, 3.8) is 0 Å². The number of nitrogens with zero attached hydrogens (tertiary/aromatic N) is 2. The average molecular weight is 297 g/mol. The van der Waals surface area contributed by atoms with Gasteiger partial charge in [0.1, 0.15) is 0 Å². The summed E-state index contributed by atoms with van der Waals surface area (Å²) in [5, 5.41) is 9.41. The number of benzene rings is 1. The topological polar surface area (TPSA) is 43.8 Å². The van der Waals surface area contributed by atoms with Crippen LogP contribution in [-0.4, -0.2) is 53.6 Å². The Morgan fingerprint density at radius 2 is 1.70 bits per heavy atom. The number of carboxylic acids is 1. The van der Waals surface area contributed by atoms with Gasteiger partial charge in [-0.15, -0.1) is 0 Å². The van der Waals surface area contributed by atoms with E-state index in [-0.39, 0.29) is 6.42 Å². The lowest BCUT2D eigenvalue weighted by Crippen LogP contribution is -2.46. The minimum absolute atomic E-state index is 0.269. The Labute approximate surface area is 124 Å². The second-order valence-electron chi connectivity index (χ2n) is 5.24. The molecule has 1 N–H and O–H groups in total. The molecule has 0 spiro atoms. The van der Waals surface area contributed by atoms with E-state index in [1.54, 1.807) is 0 Å². The van der Waals surface area contributed by atoms with Crippen molar-refractivity contribution in [2.24, 2.45) is 0 Å². The Hall–Kier alpha value is -1.10. The highest BCUT2D eigenvalue weighted by Gasteiger charge is 2.16. The van der Waals surface area contributed by atoms with Gasteiger partial charge in [0.2, 0.25) is 0 Å². The molecule has 20 heavy (non-hydrogen) atoms. The van der Waals surface area contributed by atoms with Gasteiger partial charge in [0.25, 0.3) is 0 Å². The molecule has 1 aromatic rings. The number of hydrogen-bond acceptors (Lipinski definition) is 3. The second kappa shape index (κ2) is 7.62. The molecule has 0 radical (unpaired) electrons. The van der Waals surface area contributed by atoms with Gasteiger partial charge >= 0.3 is 5.97 Å². The smallest absolute Gasteiger partial charge is 0.303 e. The third kappa shape index (κ3) is 5.12. The first kappa shape index (κ1) is 15.3. The van der Waals surface area contributed by atoms with Crippen molar-refractivity contribution in [3.8, 4) is 0 Å². The van der Waals surface area contributed by atoms with Crippen LogP contribution < -0.4 is 0 Å². The standard InChI is InChI=1S/C15H21ClN2O2/c16-14-5-3-13(4-6-14)12-18-10-8-17(9-11-18)7-1-2-15(19)20/h3-6H,1-2,7-12H2,(H,19,20). The zero-order valence-electron chi connectivity index (χ0n) is 11.6. The van der Waals surface area contributed by atoms with E-state index >= 15 is 0 Å². The number of halogens is 1. The molecule has 1 aliphatic heterocycles. The largest absolute Gasteiger partial charge is 0.481 e. The van der Waals surface area contributed by atoms with E-state index in [1.807, 2.05) is 12.1 Å². The molecule has 0 bridgehead atoms. The van der Waals surface area contributed by atoms with Gasteiger partial charge in [-0.25, -0.2) is 0 Å². The Morgan fingerprint density at radius 1 is 1.10 bits per heavy atom. The first-order chi connectivity index (χ1) is 9.63. The second-order valence-corrected chi connectivity index (χ2v) is 5.68. The third-order valence-corrected chi connectivity index (χ3v) is 3.90. The summed E-state index contributed by atoms with van der Waals surface area (Å²) < 4.78 is 0. The summed E-state index contributed by atoms with van der Waals surface area (Å²) in [5.41, 5.74) is 1.29. The highest BCUT2D eigenvalue weighted by Crippen LogP contribution is 2.13. The van der Waals surface area contributed by atoms with E-state index < -0.39 is 5.97 Å². The van der Waals surface area contributed by atoms with Crippen LogP contribution >= 0.6 is 11.6 Å². The summed E-state index contributed by atoms with van der Waals surface area (Å²) in [6.07, 6.45) is 1.01. The minimum atomic E-state index is -0.702. The Morgan fingerprint density at radius 3 is 2.30 bits per heavy atom. The van der Waals surface area contributed by atoms with Crippen molar-refractivity contribution in [1.29, 1.82) is 0 Å². The summed E-state index contributed by atoms with van der Waals surface area (Å²) in [6.45, 7) is 5.97. The van der Waals surface area contributed by atoms with Gasteiger partial charge < -0.3 is 10.0 Å². The SMILES string of the molecule is O=C(O)CCCN1CCN(Cc2ccc(Cl)cc2)CC1. The van der Waals surface area contributed by atoms with Crippen LogP contribution in [-0.2, 0) is 11.3 Å². The maximum atomic E-state index is 10.5. The highest BCUT2D eigenvalue weighted by molar-refractivity contribution is 6.30. The van der Waals surface area contributed by atoms with Gasteiger partial charge in [-0.05, 0) is 30.7 Å². The number of piperazine rings is 1. The van der Waals surface area contributed by atoms with Gasteiger partial charge in [-0.2, -0.15) is 0 Å². The van der Waals surface area contributed by atoms with Crippen molar-refractivity contribution in [2.45, 2.75) is 19.4 Å². The maximum Gasteiger partial charge on any atom is 0.303 e. The Bertz CT molecular complexity index is 428. The van der Waals surface area contributed by atoms with E-state index in [1.165, 1.54) is 5.56 Å². The number of rotatable bonds is 6. The molecule has 2 rings (SSSR count). The van der Waals surface area contributed by atoms with Gasteiger partial charge in [0.05, 0.1) is 0 Å². The summed E-state index contributed by atoms with van der Waals surface area (Å²) in [7, 11) is 0. The molecule has 1 aromatic carbocycles. The van der Waals surface area contributed by atoms with Crippen molar-refractivity contribution < 1.29 is 9.90 Å². The van der Waals surface area contributed by atoms with Crippen molar-refractivity contribution in [2.75, 3.05) is 32.7 Å². The molecule has 5 heteroatoms.